The van der Waals surface area contributed by atoms with Crippen molar-refractivity contribution in [2.45, 2.75) is 12.3 Å². The summed E-state index contributed by atoms with van der Waals surface area (Å²) < 4.78 is 12.6. The summed E-state index contributed by atoms with van der Waals surface area (Å²) >= 11 is 0. The van der Waals surface area contributed by atoms with E-state index in [0.29, 0.717) is 29.4 Å². The van der Waals surface area contributed by atoms with Crippen molar-refractivity contribution in [3.8, 4) is 17.3 Å². The van der Waals surface area contributed by atoms with Crippen LogP contribution in [0.5, 0.6) is 0 Å². The number of aromatic nitrogens is 2. The summed E-state index contributed by atoms with van der Waals surface area (Å²) in [5.41, 5.74) is 3.85. The zero-order chi connectivity index (χ0) is 22.2. The van der Waals surface area contributed by atoms with Crippen molar-refractivity contribution in [1.82, 2.24) is 9.97 Å². The highest BCUT2D eigenvalue weighted by molar-refractivity contribution is 7.70. The number of nitrogens with zero attached hydrogens (tertiary/aromatic N) is 3. The molecule has 2 aromatic carbocycles. The SMILES string of the molecule is C[C@]1(CO)CNc2c(C#N)cc(-c3ccnc(Nc4ccccc4P(C)(C)=O)n3)cc21. The van der Waals surface area contributed by atoms with E-state index in [-0.39, 0.29) is 6.61 Å². The lowest BCUT2D eigenvalue weighted by atomic mass is 9.83. The zero-order valence-electron chi connectivity index (χ0n) is 17.7. The summed E-state index contributed by atoms with van der Waals surface area (Å²) in [4.78, 5) is 8.95. The Morgan fingerprint density at radius 1 is 1.29 bits per heavy atom. The number of anilines is 3. The maximum Gasteiger partial charge on any atom is 0.227 e. The van der Waals surface area contributed by atoms with Crippen LogP contribution in [0.25, 0.3) is 11.3 Å². The number of aliphatic hydroxyl groups excluding tert-OH is 1. The Bertz CT molecular complexity index is 1250. The van der Waals surface area contributed by atoms with Crippen LogP contribution in [0, 0.1) is 11.3 Å². The van der Waals surface area contributed by atoms with Crippen LogP contribution in [-0.2, 0) is 9.98 Å². The van der Waals surface area contributed by atoms with Gasteiger partial charge in [-0.2, -0.15) is 5.26 Å². The Morgan fingerprint density at radius 2 is 2.06 bits per heavy atom. The Hall–Kier alpha value is -3.20. The number of fused-ring (bicyclic) bond motifs is 1. The van der Waals surface area contributed by atoms with Crippen LogP contribution >= 0.6 is 7.14 Å². The van der Waals surface area contributed by atoms with Crippen LogP contribution in [0.3, 0.4) is 0 Å². The highest BCUT2D eigenvalue weighted by Gasteiger charge is 2.36. The molecule has 0 unspecified atom stereocenters. The highest BCUT2D eigenvalue weighted by Crippen LogP contribution is 2.41. The average molecular weight is 433 g/mol. The van der Waals surface area contributed by atoms with Gasteiger partial charge >= 0.3 is 0 Å². The van der Waals surface area contributed by atoms with Crippen molar-refractivity contribution in [2.24, 2.45) is 0 Å². The number of nitriles is 1. The monoisotopic (exact) mass is 433 g/mol. The molecular weight excluding hydrogens is 409 g/mol. The molecule has 0 aliphatic carbocycles. The predicted molar refractivity (Wildman–Crippen MR) is 124 cm³/mol. The van der Waals surface area contributed by atoms with Gasteiger partial charge in [-0.3, -0.25) is 0 Å². The first-order valence-electron chi connectivity index (χ1n) is 9.93. The molecule has 1 atom stereocenters. The first-order valence-corrected chi connectivity index (χ1v) is 12.5. The normalized spacial score (nSPS) is 17.5. The number of para-hydroxylation sites is 1. The molecule has 0 saturated carbocycles. The van der Waals surface area contributed by atoms with Crippen molar-refractivity contribution >= 4 is 29.8 Å². The first-order chi connectivity index (χ1) is 14.7. The van der Waals surface area contributed by atoms with E-state index in [1.54, 1.807) is 31.7 Å². The summed E-state index contributed by atoms with van der Waals surface area (Å²) in [7, 11) is -2.49. The summed E-state index contributed by atoms with van der Waals surface area (Å²) in [5.74, 6) is 0.375. The fourth-order valence-corrected chi connectivity index (χ4v) is 4.97. The van der Waals surface area contributed by atoms with Crippen molar-refractivity contribution in [2.75, 3.05) is 37.1 Å². The molecule has 0 amide bonds. The van der Waals surface area contributed by atoms with Crippen LogP contribution in [0.4, 0.5) is 17.3 Å². The molecule has 3 N–H and O–H groups in total. The number of hydrogen-bond acceptors (Lipinski definition) is 7. The van der Waals surface area contributed by atoms with Crippen LogP contribution in [0.15, 0.2) is 48.7 Å². The maximum absolute atomic E-state index is 12.6. The molecule has 0 spiro atoms. The molecule has 1 aliphatic heterocycles. The standard InChI is InChI=1S/C23H24N5O2P/c1-23(14-29)13-26-21-16(12-24)10-15(11-17(21)23)18-8-9-25-22(27-18)28-19-6-4-5-7-20(19)31(2,3)30/h4-11,26,29H,13-14H2,1-3H3,(H,25,27,28)/t23-/m1/s1. The second kappa shape index (κ2) is 7.81. The van der Waals surface area contributed by atoms with Gasteiger partial charge in [0.15, 0.2) is 0 Å². The maximum atomic E-state index is 12.6. The molecule has 1 aromatic heterocycles. The van der Waals surface area contributed by atoms with Crippen molar-refractivity contribution in [3.05, 3.63) is 59.8 Å². The molecule has 7 nitrogen and oxygen atoms in total. The van der Waals surface area contributed by atoms with Crippen LogP contribution in [0.1, 0.15) is 18.1 Å². The lowest BCUT2D eigenvalue weighted by Crippen LogP contribution is -2.28. The molecule has 158 valence electrons. The third kappa shape index (κ3) is 3.93. The van der Waals surface area contributed by atoms with E-state index >= 15 is 0 Å². The average Bonchev–Trinajstić information content (AvgIpc) is 3.10. The second-order valence-electron chi connectivity index (χ2n) is 8.39. The molecule has 8 heteroatoms. The third-order valence-electron chi connectivity index (χ3n) is 5.60. The van der Waals surface area contributed by atoms with E-state index in [1.165, 1.54) is 0 Å². The van der Waals surface area contributed by atoms with Gasteiger partial charge in [-0.25, -0.2) is 9.97 Å². The largest absolute Gasteiger partial charge is 0.395 e. The Kier molecular flexibility index (Phi) is 5.30. The molecule has 0 fully saturated rings. The smallest absolute Gasteiger partial charge is 0.227 e. The predicted octanol–water partition coefficient (Wildman–Crippen LogP) is 3.68. The first kappa shape index (κ1) is 21.0. The fourth-order valence-electron chi connectivity index (χ4n) is 3.81. The number of rotatable bonds is 5. The van der Waals surface area contributed by atoms with Crippen molar-refractivity contribution < 1.29 is 9.67 Å². The summed E-state index contributed by atoms with van der Waals surface area (Å²) in [6.07, 6.45) is 1.65. The van der Waals surface area contributed by atoms with Gasteiger partial charge in [-0.05, 0) is 49.2 Å². The van der Waals surface area contributed by atoms with Crippen LogP contribution in [-0.4, -0.2) is 41.6 Å². The quantitative estimate of drug-likeness (QED) is 0.526. The molecule has 31 heavy (non-hydrogen) atoms. The van der Waals surface area contributed by atoms with E-state index in [9.17, 15) is 14.9 Å². The zero-order valence-corrected chi connectivity index (χ0v) is 18.6. The molecular formula is C23H24N5O2P. The minimum absolute atomic E-state index is 0.0250. The molecule has 3 aromatic rings. The minimum Gasteiger partial charge on any atom is -0.395 e. The van der Waals surface area contributed by atoms with Crippen LogP contribution in [0.2, 0.25) is 0 Å². The topological polar surface area (TPSA) is 111 Å². The summed E-state index contributed by atoms with van der Waals surface area (Å²) in [5, 5.41) is 26.7. The van der Waals surface area contributed by atoms with E-state index in [1.807, 2.05) is 37.3 Å². The lowest BCUT2D eigenvalue weighted by Gasteiger charge is -2.21. The summed E-state index contributed by atoms with van der Waals surface area (Å²) in [6.45, 7) is 5.96. The number of hydrogen-bond donors (Lipinski definition) is 3. The van der Waals surface area contributed by atoms with Gasteiger partial charge < -0.3 is 20.3 Å². The van der Waals surface area contributed by atoms with E-state index < -0.39 is 12.6 Å². The Balaban J connectivity index is 1.75. The third-order valence-corrected chi connectivity index (χ3v) is 7.15. The molecule has 4 rings (SSSR count). The summed E-state index contributed by atoms with van der Waals surface area (Å²) in [6, 6.07) is 15.2. The van der Waals surface area contributed by atoms with E-state index in [0.717, 1.165) is 22.1 Å². The molecule has 2 heterocycles. The minimum atomic E-state index is -2.49. The van der Waals surface area contributed by atoms with Gasteiger partial charge in [0.25, 0.3) is 0 Å². The van der Waals surface area contributed by atoms with Crippen molar-refractivity contribution in [1.29, 1.82) is 5.26 Å². The number of benzene rings is 2. The number of nitrogens with one attached hydrogen (secondary N) is 2. The number of aliphatic hydroxyl groups is 1. The molecule has 0 radical (unpaired) electrons. The molecule has 0 bridgehead atoms. The lowest BCUT2D eigenvalue weighted by molar-refractivity contribution is 0.219. The van der Waals surface area contributed by atoms with Gasteiger partial charge in [-0.15, -0.1) is 0 Å². The van der Waals surface area contributed by atoms with Crippen molar-refractivity contribution in [3.63, 3.8) is 0 Å². The second-order valence-corrected chi connectivity index (χ2v) is 11.6. The van der Waals surface area contributed by atoms with Gasteiger partial charge in [-0.1, -0.05) is 19.1 Å². The Morgan fingerprint density at radius 3 is 2.77 bits per heavy atom. The molecule has 0 saturated heterocycles. The van der Waals surface area contributed by atoms with Gasteiger partial charge in [0, 0.05) is 29.0 Å². The van der Waals surface area contributed by atoms with Gasteiger partial charge in [0.2, 0.25) is 5.95 Å². The van der Waals surface area contributed by atoms with E-state index in [4.69, 9.17) is 0 Å². The molecule has 1 aliphatic rings. The fraction of sp³-hybridized carbons (Fsp3) is 0.261. The van der Waals surface area contributed by atoms with Crippen LogP contribution < -0.4 is 15.9 Å². The van der Waals surface area contributed by atoms with E-state index in [2.05, 4.69) is 26.7 Å². The highest BCUT2D eigenvalue weighted by atomic mass is 31.2. The van der Waals surface area contributed by atoms with Gasteiger partial charge in [0.05, 0.1) is 29.2 Å². The van der Waals surface area contributed by atoms with Gasteiger partial charge in [0.1, 0.15) is 13.2 Å². The Labute approximate surface area is 181 Å².